The molecule has 0 atom stereocenters. The van der Waals surface area contributed by atoms with Gasteiger partial charge in [0, 0.05) is 11.6 Å². The molecule has 2 heterocycles. The highest BCUT2D eigenvalue weighted by Gasteiger charge is 2.06. The molecule has 0 saturated carbocycles. The molecule has 1 N–H and O–H groups in total. The van der Waals surface area contributed by atoms with E-state index in [4.69, 9.17) is 0 Å². The zero-order valence-corrected chi connectivity index (χ0v) is 7.96. The Hall–Kier alpha value is -1.38. The van der Waals surface area contributed by atoms with Gasteiger partial charge in [-0.15, -0.1) is 0 Å². The first-order valence-electron chi connectivity index (χ1n) is 4.60. The highest BCUT2D eigenvalue weighted by atomic mass is 14.9. The predicted octanol–water partition coefficient (Wildman–Crippen LogP) is 2.22. The average molecular weight is 175 g/mol. The fourth-order valence-corrected chi connectivity index (χ4v) is 1.62. The third-order valence-electron chi connectivity index (χ3n) is 2.23. The maximum atomic E-state index is 4.30. The number of aromatic nitrogens is 3. The van der Waals surface area contributed by atoms with Crippen molar-refractivity contribution in [2.24, 2.45) is 0 Å². The summed E-state index contributed by atoms with van der Waals surface area (Å²) in [5.74, 6) is 0. The highest BCUT2D eigenvalue weighted by molar-refractivity contribution is 5.81. The Bertz CT molecular complexity index is 417. The number of aromatic amines is 1. The molecule has 3 heteroatoms. The molecule has 68 valence electrons. The quantitative estimate of drug-likeness (QED) is 0.760. The van der Waals surface area contributed by atoms with Crippen LogP contribution in [0.4, 0.5) is 0 Å². The maximum absolute atomic E-state index is 4.30. The SMILES string of the molecule is CCCc1ncnc2[nH]cc(C)c12. The summed E-state index contributed by atoms with van der Waals surface area (Å²) in [6.07, 6.45) is 5.76. The molecule has 3 nitrogen and oxygen atoms in total. The van der Waals surface area contributed by atoms with Crippen LogP contribution in [0.1, 0.15) is 24.6 Å². The van der Waals surface area contributed by atoms with Crippen LogP contribution in [-0.2, 0) is 6.42 Å². The molecule has 2 rings (SSSR count). The van der Waals surface area contributed by atoms with Gasteiger partial charge < -0.3 is 4.98 Å². The van der Waals surface area contributed by atoms with Crippen molar-refractivity contribution >= 4 is 11.0 Å². The van der Waals surface area contributed by atoms with Crippen LogP contribution in [0.5, 0.6) is 0 Å². The second kappa shape index (κ2) is 3.17. The van der Waals surface area contributed by atoms with Crippen molar-refractivity contribution in [2.75, 3.05) is 0 Å². The third kappa shape index (κ3) is 1.30. The molecule has 2 aromatic heterocycles. The first-order chi connectivity index (χ1) is 6.33. The predicted molar refractivity (Wildman–Crippen MR) is 52.6 cm³/mol. The standard InChI is InChI=1S/C10H13N3/c1-3-4-8-9-7(2)5-11-10(9)13-6-12-8/h5-6H,3-4H2,1-2H3,(H,11,12,13). The number of nitrogens with one attached hydrogen (secondary N) is 1. The Morgan fingerprint density at radius 3 is 3.00 bits per heavy atom. The van der Waals surface area contributed by atoms with Gasteiger partial charge in [0.05, 0.1) is 5.69 Å². The summed E-state index contributed by atoms with van der Waals surface area (Å²) in [6, 6.07) is 0. The lowest BCUT2D eigenvalue weighted by atomic mass is 10.1. The third-order valence-corrected chi connectivity index (χ3v) is 2.23. The number of nitrogens with zero attached hydrogens (tertiary/aromatic N) is 2. The van der Waals surface area contributed by atoms with Crippen molar-refractivity contribution in [3.8, 4) is 0 Å². The molecule has 0 radical (unpaired) electrons. The van der Waals surface area contributed by atoms with Crippen LogP contribution < -0.4 is 0 Å². The van der Waals surface area contributed by atoms with Gasteiger partial charge >= 0.3 is 0 Å². The zero-order chi connectivity index (χ0) is 9.26. The summed E-state index contributed by atoms with van der Waals surface area (Å²) in [5.41, 5.74) is 3.35. The van der Waals surface area contributed by atoms with E-state index in [1.165, 1.54) is 10.9 Å². The zero-order valence-electron chi connectivity index (χ0n) is 7.96. The van der Waals surface area contributed by atoms with E-state index < -0.39 is 0 Å². The molecular formula is C10H13N3. The van der Waals surface area contributed by atoms with E-state index in [0.717, 1.165) is 24.2 Å². The second-order valence-corrected chi connectivity index (χ2v) is 3.27. The van der Waals surface area contributed by atoms with Crippen LogP contribution in [0, 0.1) is 6.92 Å². The number of H-pyrrole nitrogens is 1. The molecule has 0 saturated heterocycles. The van der Waals surface area contributed by atoms with Crippen molar-refractivity contribution in [1.29, 1.82) is 0 Å². The second-order valence-electron chi connectivity index (χ2n) is 3.27. The molecule has 0 aromatic carbocycles. The van der Waals surface area contributed by atoms with Gasteiger partial charge in [-0.3, -0.25) is 0 Å². The smallest absolute Gasteiger partial charge is 0.141 e. The molecule has 0 aliphatic heterocycles. The van der Waals surface area contributed by atoms with Gasteiger partial charge in [0.15, 0.2) is 0 Å². The topological polar surface area (TPSA) is 41.6 Å². The minimum atomic E-state index is 0.955. The van der Waals surface area contributed by atoms with Gasteiger partial charge in [0.2, 0.25) is 0 Å². The molecule has 0 spiro atoms. The van der Waals surface area contributed by atoms with E-state index >= 15 is 0 Å². The van der Waals surface area contributed by atoms with Gasteiger partial charge in [0.1, 0.15) is 12.0 Å². The lowest BCUT2D eigenvalue weighted by Crippen LogP contribution is -1.92. The molecular weight excluding hydrogens is 162 g/mol. The average Bonchev–Trinajstić information content (AvgIpc) is 2.50. The molecule has 0 unspecified atom stereocenters. The van der Waals surface area contributed by atoms with Crippen LogP contribution in [0.25, 0.3) is 11.0 Å². The summed E-state index contributed by atoms with van der Waals surface area (Å²) in [4.78, 5) is 11.6. The minimum absolute atomic E-state index is 0.955. The fourth-order valence-electron chi connectivity index (χ4n) is 1.62. The number of hydrogen-bond acceptors (Lipinski definition) is 2. The van der Waals surface area contributed by atoms with Gasteiger partial charge in [-0.2, -0.15) is 0 Å². The fraction of sp³-hybridized carbons (Fsp3) is 0.400. The van der Waals surface area contributed by atoms with E-state index in [1.807, 2.05) is 6.20 Å². The van der Waals surface area contributed by atoms with E-state index in [9.17, 15) is 0 Å². The van der Waals surface area contributed by atoms with E-state index in [2.05, 4.69) is 28.8 Å². The molecule has 2 aromatic rings. The Labute approximate surface area is 77.2 Å². The van der Waals surface area contributed by atoms with Gasteiger partial charge in [0.25, 0.3) is 0 Å². The summed E-state index contributed by atoms with van der Waals surface area (Å²) >= 11 is 0. The number of aryl methyl sites for hydroxylation is 2. The molecule has 0 aliphatic carbocycles. The largest absolute Gasteiger partial charge is 0.346 e. The molecule has 13 heavy (non-hydrogen) atoms. The monoisotopic (exact) mass is 175 g/mol. The Morgan fingerprint density at radius 1 is 1.38 bits per heavy atom. The van der Waals surface area contributed by atoms with Gasteiger partial charge in [-0.25, -0.2) is 9.97 Å². The van der Waals surface area contributed by atoms with Crippen molar-refractivity contribution in [3.63, 3.8) is 0 Å². The molecule has 0 amide bonds. The van der Waals surface area contributed by atoms with E-state index in [1.54, 1.807) is 6.33 Å². The van der Waals surface area contributed by atoms with Crippen molar-refractivity contribution < 1.29 is 0 Å². The summed E-state index contributed by atoms with van der Waals surface area (Å²) in [7, 11) is 0. The number of hydrogen-bond donors (Lipinski definition) is 1. The first kappa shape index (κ1) is 8.23. The molecule has 0 bridgehead atoms. The van der Waals surface area contributed by atoms with Crippen LogP contribution >= 0.6 is 0 Å². The van der Waals surface area contributed by atoms with Crippen LogP contribution in [-0.4, -0.2) is 15.0 Å². The number of fused-ring (bicyclic) bond motifs is 1. The van der Waals surface area contributed by atoms with Crippen LogP contribution in [0.3, 0.4) is 0 Å². The lowest BCUT2D eigenvalue weighted by Gasteiger charge is -1.99. The first-order valence-corrected chi connectivity index (χ1v) is 4.60. The summed E-state index contributed by atoms with van der Waals surface area (Å²) in [6.45, 7) is 4.25. The van der Waals surface area contributed by atoms with Crippen LogP contribution in [0.2, 0.25) is 0 Å². The summed E-state index contributed by atoms with van der Waals surface area (Å²) < 4.78 is 0. The van der Waals surface area contributed by atoms with E-state index in [0.29, 0.717) is 0 Å². The van der Waals surface area contributed by atoms with Crippen molar-refractivity contribution in [1.82, 2.24) is 15.0 Å². The molecule has 0 aliphatic rings. The Morgan fingerprint density at radius 2 is 2.23 bits per heavy atom. The maximum Gasteiger partial charge on any atom is 0.141 e. The molecule has 0 fully saturated rings. The van der Waals surface area contributed by atoms with Gasteiger partial charge in [-0.05, 0) is 18.9 Å². The summed E-state index contributed by atoms with van der Waals surface area (Å²) in [5, 5.41) is 1.20. The number of rotatable bonds is 2. The van der Waals surface area contributed by atoms with Gasteiger partial charge in [-0.1, -0.05) is 13.3 Å². The lowest BCUT2D eigenvalue weighted by molar-refractivity contribution is 0.885. The minimum Gasteiger partial charge on any atom is -0.346 e. The Kier molecular flexibility index (Phi) is 2.00. The van der Waals surface area contributed by atoms with E-state index in [-0.39, 0.29) is 0 Å². The normalized spacial score (nSPS) is 10.9. The van der Waals surface area contributed by atoms with Crippen molar-refractivity contribution in [3.05, 3.63) is 23.8 Å². The van der Waals surface area contributed by atoms with Crippen LogP contribution in [0.15, 0.2) is 12.5 Å². The highest BCUT2D eigenvalue weighted by Crippen LogP contribution is 2.18. The Balaban J connectivity index is 2.65. The van der Waals surface area contributed by atoms with Crippen molar-refractivity contribution in [2.45, 2.75) is 26.7 Å².